The molecule has 5 rings (SSSR count). The molecule has 4 heteroatoms. The maximum absolute atomic E-state index is 6.44. The van der Waals surface area contributed by atoms with E-state index in [1.807, 2.05) is 6.20 Å². The van der Waals surface area contributed by atoms with E-state index in [0.717, 1.165) is 13.2 Å². The lowest BCUT2D eigenvalue weighted by atomic mass is 9.39. The van der Waals surface area contributed by atoms with E-state index in [9.17, 15) is 0 Å². The Morgan fingerprint density at radius 1 is 1.13 bits per heavy atom. The van der Waals surface area contributed by atoms with Crippen LogP contribution in [0.25, 0.3) is 0 Å². The summed E-state index contributed by atoms with van der Waals surface area (Å²) in [6.45, 7) is 11.3. The van der Waals surface area contributed by atoms with Crippen LogP contribution in [-0.2, 0) is 11.3 Å². The van der Waals surface area contributed by atoms with Crippen LogP contribution in [0.5, 0.6) is 0 Å². The fraction of sp³-hybridized carbons (Fsp3) is 0.842. The van der Waals surface area contributed by atoms with Crippen molar-refractivity contribution in [2.45, 2.75) is 78.4 Å². The number of hydrogen-bond acceptors (Lipinski definition) is 2. The number of rotatable bonds is 4. The molecule has 2 unspecified atom stereocenters. The first kappa shape index (κ1) is 16.4. The Hall–Kier alpha value is -0.100. The highest BCUT2D eigenvalue weighted by molar-refractivity contribution is 14.1. The van der Waals surface area contributed by atoms with Crippen LogP contribution < -0.4 is 0 Å². The van der Waals surface area contributed by atoms with E-state index in [-0.39, 0.29) is 5.60 Å². The summed E-state index contributed by atoms with van der Waals surface area (Å²) in [6, 6.07) is 0. The van der Waals surface area contributed by atoms with Gasteiger partial charge in [0.2, 0.25) is 0 Å². The highest BCUT2D eigenvalue weighted by atomic mass is 127. The first-order valence-corrected chi connectivity index (χ1v) is 10.1. The lowest BCUT2D eigenvalue weighted by Gasteiger charge is -2.69. The van der Waals surface area contributed by atoms with E-state index in [1.54, 1.807) is 0 Å². The molecule has 4 fully saturated rings. The van der Waals surface area contributed by atoms with Gasteiger partial charge in [-0.05, 0) is 91.2 Å². The summed E-state index contributed by atoms with van der Waals surface area (Å²) in [6.07, 6.45) is 9.85. The first-order valence-electron chi connectivity index (χ1n) is 9.02. The fourth-order valence-electron chi connectivity index (χ4n) is 7.36. The van der Waals surface area contributed by atoms with Crippen molar-refractivity contribution >= 4 is 22.6 Å². The van der Waals surface area contributed by atoms with E-state index in [1.165, 1.54) is 47.8 Å². The Kier molecular flexibility index (Phi) is 3.53. The van der Waals surface area contributed by atoms with Crippen LogP contribution in [0.15, 0.2) is 6.20 Å². The third-order valence-electron chi connectivity index (χ3n) is 6.63. The zero-order valence-electron chi connectivity index (χ0n) is 14.9. The van der Waals surface area contributed by atoms with Crippen LogP contribution in [0.4, 0.5) is 0 Å². The van der Waals surface area contributed by atoms with E-state index in [0.29, 0.717) is 16.2 Å². The smallest absolute Gasteiger partial charge is 0.0698 e. The Morgan fingerprint density at radius 2 is 1.78 bits per heavy atom. The predicted molar refractivity (Wildman–Crippen MR) is 100 cm³/mol. The number of halogens is 1. The molecule has 1 heterocycles. The minimum atomic E-state index is 0.126. The van der Waals surface area contributed by atoms with Crippen molar-refractivity contribution in [3.8, 4) is 0 Å². The van der Waals surface area contributed by atoms with Gasteiger partial charge in [0.15, 0.2) is 0 Å². The van der Waals surface area contributed by atoms with Gasteiger partial charge < -0.3 is 4.74 Å². The largest absolute Gasteiger partial charge is 0.375 e. The maximum Gasteiger partial charge on any atom is 0.0698 e. The van der Waals surface area contributed by atoms with Crippen molar-refractivity contribution in [2.75, 3.05) is 6.61 Å². The summed E-state index contributed by atoms with van der Waals surface area (Å²) in [5.74, 6) is 0. The van der Waals surface area contributed by atoms with Crippen molar-refractivity contribution in [2.24, 2.45) is 16.2 Å². The molecule has 1 aromatic rings. The molecule has 3 nitrogen and oxygen atoms in total. The highest BCUT2D eigenvalue weighted by Crippen LogP contribution is 2.71. The van der Waals surface area contributed by atoms with E-state index < -0.39 is 0 Å². The molecule has 4 aliphatic rings. The van der Waals surface area contributed by atoms with Gasteiger partial charge in [0, 0.05) is 18.8 Å². The molecule has 4 aliphatic carbocycles. The average molecular weight is 428 g/mol. The molecule has 1 aromatic heterocycles. The van der Waals surface area contributed by atoms with Gasteiger partial charge in [0.05, 0.1) is 15.4 Å². The van der Waals surface area contributed by atoms with Gasteiger partial charge in [-0.2, -0.15) is 5.10 Å². The van der Waals surface area contributed by atoms with Crippen LogP contribution >= 0.6 is 22.6 Å². The Balaban J connectivity index is 1.72. The summed E-state index contributed by atoms with van der Waals surface area (Å²) in [7, 11) is 0. The van der Waals surface area contributed by atoms with Gasteiger partial charge in [-0.15, -0.1) is 0 Å². The minimum Gasteiger partial charge on any atom is -0.375 e. The molecule has 4 saturated carbocycles. The van der Waals surface area contributed by atoms with Crippen LogP contribution in [0.1, 0.15) is 65.0 Å². The number of hydrogen-bond donors (Lipinski definition) is 0. The molecule has 2 atom stereocenters. The van der Waals surface area contributed by atoms with Gasteiger partial charge >= 0.3 is 0 Å². The van der Waals surface area contributed by atoms with Gasteiger partial charge in [-0.3, -0.25) is 4.68 Å². The molecule has 0 aromatic carbocycles. The zero-order valence-corrected chi connectivity index (χ0v) is 17.1. The maximum atomic E-state index is 6.44. The van der Waals surface area contributed by atoms with Crippen LogP contribution in [0, 0.1) is 26.7 Å². The summed E-state index contributed by atoms with van der Waals surface area (Å²) in [5.41, 5.74) is 2.72. The van der Waals surface area contributed by atoms with Crippen LogP contribution in [0.2, 0.25) is 0 Å². The summed E-state index contributed by atoms with van der Waals surface area (Å²) >= 11 is 2.40. The average Bonchev–Trinajstić information content (AvgIpc) is 2.65. The third-order valence-corrected chi connectivity index (χ3v) is 7.69. The van der Waals surface area contributed by atoms with Gasteiger partial charge in [-0.25, -0.2) is 0 Å². The van der Waals surface area contributed by atoms with Crippen molar-refractivity contribution < 1.29 is 4.74 Å². The topological polar surface area (TPSA) is 27.1 Å². The molecule has 0 N–H and O–H groups in total. The Bertz CT molecular complexity index is 619. The lowest BCUT2D eigenvalue weighted by Crippen LogP contribution is -2.64. The second kappa shape index (κ2) is 4.96. The highest BCUT2D eigenvalue weighted by Gasteiger charge is 2.66. The van der Waals surface area contributed by atoms with Crippen molar-refractivity contribution in [1.82, 2.24) is 9.78 Å². The first-order chi connectivity index (χ1) is 10.7. The molecule has 0 saturated heterocycles. The van der Waals surface area contributed by atoms with E-state index in [2.05, 4.69) is 60.1 Å². The molecule has 0 spiro atoms. The quantitative estimate of drug-likeness (QED) is 0.635. The summed E-state index contributed by atoms with van der Waals surface area (Å²) in [5, 5.41) is 4.67. The Morgan fingerprint density at radius 3 is 2.30 bits per heavy atom. The van der Waals surface area contributed by atoms with Crippen molar-refractivity contribution in [1.29, 1.82) is 0 Å². The normalized spacial score (nSPS) is 44.9. The second-order valence-electron chi connectivity index (χ2n) is 9.53. The fourth-order valence-corrected chi connectivity index (χ4v) is 7.76. The number of ether oxygens (including phenoxy) is 1. The molecular formula is C19H29IN2O. The van der Waals surface area contributed by atoms with E-state index >= 15 is 0 Å². The summed E-state index contributed by atoms with van der Waals surface area (Å²) < 4.78 is 9.99. The van der Waals surface area contributed by atoms with Crippen LogP contribution in [-0.4, -0.2) is 22.0 Å². The number of nitrogens with zero attached hydrogens (tertiary/aromatic N) is 2. The van der Waals surface area contributed by atoms with Gasteiger partial charge in [-0.1, -0.05) is 13.8 Å². The Labute approximate surface area is 153 Å². The number of aromatic nitrogens is 2. The molecule has 4 bridgehead atoms. The van der Waals surface area contributed by atoms with Gasteiger partial charge in [0.1, 0.15) is 0 Å². The van der Waals surface area contributed by atoms with Crippen molar-refractivity contribution in [3.05, 3.63) is 15.5 Å². The molecule has 0 aliphatic heterocycles. The standard InChI is InChI=1S/C19H29IN2O/c1-5-23-19-10-16(3)7-17(4,11-19)9-18(8-16,12-19)13-22-14(2)15(20)6-21-22/h6H,5,7-13H2,1-4H3. The van der Waals surface area contributed by atoms with Crippen LogP contribution in [0.3, 0.4) is 0 Å². The molecule has 0 radical (unpaired) electrons. The monoisotopic (exact) mass is 428 g/mol. The van der Waals surface area contributed by atoms with Crippen molar-refractivity contribution in [3.63, 3.8) is 0 Å². The minimum absolute atomic E-state index is 0.126. The molecule has 23 heavy (non-hydrogen) atoms. The summed E-state index contributed by atoms with van der Waals surface area (Å²) in [4.78, 5) is 0. The molecular weight excluding hydrogens is 399 g/mol. The second-order valence-corrected chi connectivity index (χ2v) is 10.7. The van der Waals surface area contributed by atoms with E-state index in [4.69, 9.17) is 4.74 Å². The predicted octanol–water partition coefficient (Wildman–Crippen LogP) is 4.95. The van der Waals surface area contributed by atoms with Gasteiger partial charge in [0.25, 0.3) is 0 Å². The molecule has 0 amide bonds. The SMILES string of the molecule is CCOC12CC3(C)CC(C)(CC(Cn4ncc(I)c4C)(C3)C1)C2. The molecule has 128 valence electrons. The third kappa shape index (κ3) is 2.59. The zero-order chi connectivity index (χ0) is 16.5. The lowest BCUT2D eigenvalue weighted by molar-refractivity contribution is -0.246.